The third-order valence-corrected chi connectivity index (χ3v) is 2.40. The standard InChI is InChI=1S/C10H20NO6P/c1-8(6-7-11(3,4)5)10(12)16-9(2)17-18(13,14)15/h6,9H,7H2,1-5H3,(H-,13,14,15)/p+1. The summed E-state index contributed by atoms with van der Waals surface area (Å²) in [6.07, 6.45) is 0.401. The van der Waals surface area contributed by atoms with Crippen molar-refractivity contribution >= 4 is 13.8 Å². The average Bonchev–Trinajstić information content (AvgIpc) is 2.09. The molecular weight excluding hydrogens is 261 g/mol. The van der Waals surface area contributed by atoms with Crippen LogP contribution in [0.15, 0.2) is 11.6 Å². The van der Waals surface area contributed by atoms with Gasteiger partial charge in [0.15, 0.2) is 0 Å². The highest BCUT2D eigenvalue weighted by molar-refractivity contribution is 7.46. The van der Waals surface area contributed by atoms with Crippen LogP contribution in [-0.2, 0) is 18.6 Å². The van der Waals surface area contributed by atoms with Crippen molar-refractivity contribution in [2.24, 2.45) is 0 Å². The minimum Gasteiger partial charge on any atom is -0.432 e. The fourth-order valence-electron chi connectivity index (χ4n) is 0.953. The average molecular weight is 282 g/mol. The van der Waals surface area contributed by atoms with E-state index in [0.29, 0.717) is 16.6 Å². The minimum absolute atomic E-state index is 0.365. The Bertz CT molecular complexity index is 367. The highest BCUT2D eigenvalue weighted by Crippen LogP contribution is 2.37. The number of rotatable bonds is 6. The van der Waals surface area contributed by atoms with E-state index in [2.05, 4.69) is 4.52 Å². The van der Waals surface area contributed by atoms with Crippen molar-refractivity contribution < 1.29 is 32.9 Å². The van der Waals surface area contributed by atoms with E-state index in [1.807, 2.05) is 21.1 Å². The molecule has 0 radical (unpaired) electrons. The van der Waals surface area contributed by atoms with Crippen molar-refractivity contribution in [1.82, 2.24) is 0 Å². The Morgan fingerprint density at radius 1 is 1.39 bits per heavy atom. The van der Waals surface area contributed by atoms with Crippen LogP contribution in [0.5, 0.6) is 0 Å². The predicted octanol–water partition coefficient (Wildman–Crippen LogP) is 0.637. The van der Waals surface area contributed by atoms with Crippen LogP contribution in [0, 0.1) is 0 Å². The molecule has 2 N–H and O–H groups in total. The summed E-state index contributed by atoms with van der Waals surface area (Å²) in [5, 5.41) is 0. The highest BCUT2D eigenvalue weighted by atomic mass is 31.2. The first-order valence-electron chi connectivity index (χ1n) is 5.33. The zero-order chi connectivity index (χ0) is 14.6. The SMILES string of the molecule is CC(=CC[N+](C)(C)C)C(=O)OC(C)OP(=O)(O)O. The zero-order valence-electron chi connectivity index (χ0n) is 11.3. The van der Waals surface area contributed by atoms with Gasteiger partial charge in [0.25, 0.3) is 0 Å². The molecule has 0 aliphatic rings. The summed E-state index contributed by atoms with van der Waals surface area (Å²) >= 11 is 0. The molecule has 106 valence electrons. The van der Waals surface area contributed by atoms with Gasteiger partial charge in [0.05, 0.1) is 27.7 Å². The molecule has 0 aliphatic heterocycles. The molecule has 0 aliphatic carbocycles. The summed E-state index contributed by atoms with van der Waals surface area (Å²) in [6, 6.07) is 0. The number of quaternary nitrogens is 1. The minimum atomic E-state index is -4.65. The van der Waals surface area contributed by atoms with Crippen molar-refractivity contribution in [3.05, 3.63) is 11.6 Å². The summed E-state index contributed by atoms with van der Waals surface area (Å²) in [7, 11) is 1.25. The van der Waals surface area contributed by atoms with Crippen LogP contribution >= 0.6 is 7.82 Å². The summed E-state index contributed by atoms with van der Waals surface area (Å²) < 4.78 is 20.1. The molecule has 7 nitrogen and oxygen atoms in total. The van der Waals surface area contributed by atoms with Gasteiger partial charge in [-0.1, -0.05) is 0 Å². The number of likely N-dealkylation sites (N-methyl/N-ethyl adjacent to an activating group) is 1. The quantitative estimate of drug-likeness (QED) is 0.244. The van der Waals surface area contributed by atoms with Gasteiger partial charge >= 0.3 is 13.8 Å². The number of carbonyl (C=O) groups is 1. The number of esters is 1. The van der Waals surface area contributed by atoms with Crippen LogP contribution in [0.3, 0.4) is 0 Å². The molecule has 1 unspecified atom stereocenters. The second kappa shape index (κ2) is 6.45. The van der Waals surface area contributed by atoms with E-state index in [1.54, 1.807) is 13.0 Å². The predicted molar refractivity (Wildman–Crippen MR) is 65.3 cm³/mol. The second-order valence-electron chi connectivity index (χ2n) is 4.93. The molecule has 0 amide bonds. The normalized spacial score (nSPS) is 15.4. The molecule has 0 heterocycles. The Labute approximate surface area is 107 Å². The van der Waals surface area contributed by atoms with E-state index < -0.39 is 20.1 Å². The van der Waals surface area contributed by atoms with E-state index in [9.17, 15) is 9.36 Å². The molecule has 8 heteroatoms. The third kappa shape index (κ3) is 9.32. The molecule has 0 saturated carbocycles. The van der Waals surface area contributed by atoms with Crippen molar-refractivity contribution in [1.29, 1.82) is 0 Å². The fourth-order valence-corrected chi connectivity index (χ4v) is 1.38. The zero-order valence-corrected chi connectivity index (χ0v) is 12.2. The smallest absolute Gasteiger partial charge is 0.432 e. The second-order valence-corrected chi connectivity index (χ2v) is 6.12. The van der Waals surface area contributed by atoms with Gasteiger partial charge in [-0.3, -0.25) is 0 Å². The lowest BCUT2D eigenvalue weighted by Crippen LogP contribution is -2.34. The molecule has 0 saturated heterocycles. The molecular formula is C10H21NO6P+. The first-order valence-corrected chi connectivity index (χ1v) is 6.86. The van der Waals surface area contributed by atoms with E-state index in [1.165, 1.54) is 6.92 Å². The van der Waals surface area contributed by atoms with Gasteiger partial charge in [0.1, 0.15) is 0 Å². The summed E-state index contributed by atoms with van der Waals surface area (Å²) in [4.78, 5) is 28.6. The van der Waals surface area contributed by atoms with Crippen molar-refractivity contribution in [2.45, 2.75) is 20.1 Å². The first-order chi connectivity index (χ1) is 7.91. The van der Waals surface area contributed by atoms with Crippen LogP contribution in [0.1, 0.15) is 13.8 Å². The fraction of sp³-hybridized carbons (Fsp3) is 0.700. The van der Waals surface area contributed by atoms with Gasteiger partial charge in [0, 0.05) is 5.57 Å². The van der Waals surface area contributed by atoms with Crippen LogP contribution in [0.25, 0.3) is 0 Å². The number of nitrogens with zero attached hydrogens (tertiary/aromatic N) is 1. The Balaban J connectivity index is 4.37. The lowest BCUT2D eigenvalue weighted by Gasteiger charge is -2.22. The highest BCUT2D eigenvalue weighted by Gasteiger charge is 2.22. The molecule has 18 heavy (non-hydrogen) atoms. The molecule has 0 aromatic carbocycles. The number of ether oxygens (including phenoxy) is 1. The maximum Gasteiger partial charge on any atom is 0.472 e. The van der Waals surface area contributed by atoms with E-state index in [0.717, 1.165) is 0 Å². The molecule has 0 rings (SSSR count). The van der Waals surface area contributed by atoms with Crippen LogP contribution in [0.2, 0.25) is 0 Å². The van der Waals surface area contributed by atoms with Gasteiger partial charge in [-0.25, -0.2) is 13.9 Å². The number of hydrogen-bond acceptors (Lipinski definition) is 4. The van der Waals surface area contributed by atoms with Gasteiger partial charge in [-0.2, -0.15) is 0 Å². The van der Waals surface area contributed by atoms with Gasteiger partial charge in [-0.05, 0) is 19.9 Å². The Hall–Kier alpha value is -0.720. The largest absolute Gasteiger partial charge is 0.472 e. The van der Waals surface area contributed by atoms with Crippen molar-refractivity contribution in [2.75, 3.05) is 27.7 Å². The molecule has 0 fully saturated rings. The Kier molecular flexibility index (Phi) is 6.19. The van der Waals surface area contributed by atoms with Crippen molar-refractivity contribution in [3.63, 3.8) is 0 Å². The lowest BCUT2D eigenvalue weighted by atomic mass is 10.3. The van der Waals surface area contributed by atoms with Gasteiger partial charge in [0.2, 0.25) is 6.29 Å². The molecule has 0 bridgehead atoms. The van der Waals surface area contributed by atoms with Crippen LogP contribution in [0.4, 0.5) is 0 Å². The van der Waals surface area contributed by atoms with Crippen molar-refractivity contribution in [3.8, 4) is 0 Å². The van der Waals surface area contributed by atoms with Gasteiger partial charge < -0.3 is 19.0 Å². The van der Waals surface area contributed by atoms with E-state index in [-0.39, 0.29) is 0 Å². The van der Waals surface area contributed by atoms with Crippen LogP contribution < -0.4 is 0 Å². The lowest BCUT2D eigenvalue weighted by molar-refractivity contribution is -0.864. The summed E-state index contributed by atoms with van der Waals surface area (Å²) in [6.45, 7) is 3.45. The topological polar surface area (TPSA) is 93.1 Å². The van der Waals surface area contributed by atoms with Gasteiger partial charge in [-0.15, -0.1) is 0 Å². The number of phosphoric acid groups is 1. The maximum atomic E-state index is 11.5. The van der Waals surface area contributed by atoms with Crippen LogP contribution in [-0.4, -0.2) is 54.2 Å². The number of carbonyl (C=O) groups excluding carboxylic acids is 1. The Morgan fingerprint density at radius 2 is 1.89 bits per heavy atom. The Morgan fingerprint density at radius 3 is 2.28 bits per heavy atom. The summed E-state index contributed by atoms with van der Waals surface area (Å²) in [5.74, 6) is -0.663. The number of phosphoric ester groups is 1. The summed E-state index contributed by atoms with van der Waals surface area (Å²) in [5.41, 5.74) is 0.365. The molecule has 1 atom stereocenters. The molecule has 0 aromatic rings. The number of hydrogen-bond donors (Lipinski definition) is 2. The monoisotopic (exact) mass is 282 g/mol. The molecule has 0 aromatic heterocycles. The maximum absolute atomic E-state index is 11.5. The van der Waals surface area contributed by atoms with E-state index in [4.69, 9.17) is 14.5 Å². The third-order valence-electron chi connectivity index (χ3n) is 1.83. The molecule has 0 spiro atoms. The van der Waals surface area contributed by atoms with E-state index >= 15 is 0 Å². The first kappa shape index (κ1) is 17.3.